The third kappa shape index (κ3) is 7.99. The highest BCUT2D eigenvalue weighted by Gasteiger charge is 2.19. The lowest BCUT2D eigenvalue weighted by Crippen LogP contribution is -2.43. The third-order valence-corrected chi connectivity index (χ3v) is 4.63. The number of nitro benzene ring substituents is 1. The molecule has 2 N–H and O–H groups in total. The van der Waals surface area contributed by atoms with Crippen LogP contribution in [0.3, 0.4) is 0 Å². The molecule has 2 rings (SSSR count). The van der Waals surface area contributed by atoms with E-state index in [1.807, 2.05) is 4.90 Å². The summed E-state index contributed by atoms with van der Waals surface area (Å²) in [7, 11) is 0. The van der Waals surface area contributed by atoms with Crippen molar-refractivity contribution in [2.75, 3.05) is 19.6 Å². The standard InChI is InChI=1S/C19H29N5O3.HI/c1-3-15(2)22-19(20-11-5-13-23-12-4-6-18(23)25)21-14-16-7-9-17(10-8-16)24(26)27;/h7-10,15H,3-6,11-14H2,1-2H3,(H2,20,21,22);1H. The molecule has 0 radical (unpaired) electrons. The minimum absolute atomic E-state index is 0. The Kier molecular flexibility index (Phi) is 10.8. The first-order chi connectivity index (χ1) is 13.0. The molecule has 1 aromatic carbocycles. The van der Waals surface area contributed by atoms with Gasteiger partial charge in [0.2, 0.25) is 5.91 Å². The lowest BCUT2D eigenvalue weighted by atomic mass is 10.2. The molecule has 1 fully saturated rings. The number of nitrogens with zero attached hydrogens (tertiary/aromatic N) is 3. The van der Waals surface area contributed by atoms with E-state index in [9.17, 15) is 14.9 Å². The monoisotopic (exact) mass is 503 g/mol. The number of amides is 1. The molecule has 1 unspecified atom stereocenters. The third-order valence-electron chi connectivity index (χ3n) is 4.63. The number of nitro groups is 1. The molecule has 1 heterocycles. The number of halogens is 1. The molecule has 1 aromatic rings. The van der Waals surface area contributed by atoms with E-state index in [0.717, 1.165) is 50.4 Å². The summed E-state index contributed by atoms with van der Waals surface area (Å²) in [6, 6.07) is 6.72. The van der Waals surface area contributed by atoms with Crippen LogP contribution in [0.25, 0.3) is 0 Å². The Morgan fingerprint density at radius 3 is 2.64 bits per heavy atom. The van der Waals surface area contributed by atoms with Crippen molar-refractivity contribution in [3.05, 3.63) is 39.9 Å². The van der Waals surface area contributed by atoms with Gasteiger partial charge in [-0.1, -0.05) is 19.1 Å². The van der Waals surface area contributed by atoms with Crippen LogP contribution >= 0.6 is 24.0 Å². The van der Waals surface area contributed by atoms with Crippen LogP contribution in [-0.2, 0) is 11.3 Å². The SMILES string of the molecule is CCC(C)NC(=NCc1ccc([N+](=O)[O-])cc1)NCCCN1CCCC1=O.I. The lowest BCUT2D eigenvalue weighted by molar-refractivity contribution is -0.384. The van der Waals surface area contributed by atoms with Gasteiger partial charge in [-0.25, -0.2) is 4.99 Å². The average molecular weight is 503 g/mol. The van der Waals surface area contributed by atoms with Gasteiger partial charge >= 0.3 is 0 Å². The summed E-state index contributed by atoms with van der Waals surface area (Å²) in [6.45, 7) is 6.99. The first-order valence-electron chi connectivity index (χ1n) is 9.55. The Balaban J connectivity index is 0.00000392. The lowest BCUT2D eigenvalue weighted by Gasteiger charge is -2.19. The highest BCUT2D eigenvalue weighted by Crippen LogP contribution is 2.12. The molecular weight excluding hydrogens is 473 g/mol. The smallest absolute Gasteiger partial charge is 0.269 e. The summed E-state index contributed by atoms with van der Waals surface area (Å²) in [5.74, 6) is 0.968. The Bertz CT molecular complexity index is 666. The van der Waals surface area contributed by atoms with E-state index in [2.05, 4.69) is 29.5 Å². The van der Waals surface area contributed by atoms with E-state index in [1.165, 1.54) is 12.1 Å². The molecular formula is C19H30IN5O3. The van der Waals surface area contributed by atoms with E-state index in [-0.39, 0.29) is 41.6 Å². The number of carbonyl (C=O) groups is 1. The van der Waals surface area contributed by atoms with Gasteiger partial charge in [-0.2, -0.15) is 0 Å². The van der Waals surface area contributed by atoms with Crippen LogP contribution in [0.15, 0.2) is 29.3 Å². The number of non-ortho nitro benzene ring substituents is 1. The van der Waals surface area contributed by atoms with Gasteiger partial charge in [0.1, 0.15) is 0 Å². The molecule has 1 aliphatic rings. The Morgan fingerprint density at radius 1 is 1.36 bits per heavy atom. The maximum atomic E-state index is 11.6. The van der Waals surface area contributed by atoms with E-state index in [4.69, 9.17) is 0 Å². The fraction of sp³-hybridized carbons (Fsp3) is 0.579. The zero-order chi connectivity index (χ0) is 19.6. The summed E-state index contributed by atoms with van der Waals surface area (Å²) in [6.07, 6.45) is 3.47. The molecule has 1 aliphatic heterocycles. The fourth-order valence-corrected chi connectivity index (χ4v) is 2.80. The Hall–Kier alpha value is -1.91. The molecule has 8 nitrogen and oxygen atoms in total. The fourth-order valence-electron chi connectivity index (χ4n) is 2.80. The first-order valence-corrected chi connectivity index (χ1v) is 9.55. The van der Waals surface area contributed by atoms with Crippen molar-refractivity contribution in [2.24, 2.45) is 4.99 Å². The number of aliphatic imine (C=N–C) groups is 1. The summed E-state index contributed by atoms with van der Waals surface area (Å²) in [5, 5.41) is 17.4. The number of hydrogen-bond acceptors (Lipinski definition) is 4. The molecule has 0 spiro atoms. The van der Waals surface area contributed by atoms with Gasteiger partial charge in [0, 0.05) is 44.2 Å². The molecule has 1 atom stereocenters. The second-order valence-electron chi connectivity index (χ2n) is 6.81. The minimum Gasteiger partial charge on any atom is -0.356 e. The first kappa shape index (κ1) is 24.1. The van der Waals surface area contributed by atoms with Crippen molar-refractivity contribution >= 4 is 41.5 Å². The Labute approximate surface area is 183 Å². The predicted octanol–water partition coefficient (Wildman–Crippen LogP) is 3.06. The number of guanidine groups is 1. The molecule has 9 heteroatoms. The van der Waals surface area contributed by atoms with E-state index in [0.29, 0.717) is 13.0 Å². The van der Waals surface area contributed by atoms with E-state index < -0.39 is 4.92 Å². The van der Waals surface area contributed by atoms with Gasteiger partial charge in [0.15, 0.2) is 5.96 Å². The van der Waals surface area contributed by atoms with Crippen molar-refractivity contribution in [1.82, 2.24) is 15.5 Å². The highest BCUT2D eigenvalue weighted by atomic mass is 127. The van der Waals surface area contributed by atoms with Crippen LogP contribution in [0, 0.1) is 10.1 Å². The predicted molar refractivity (Wildman–Crippen MR) is 121 cm³/mol. The Morgan fingerprint density at radius 2 is 2.07 bits per heavy atom. The van der Waals surface area contributed by atoms with E-state index >= 15 is 0 Å². The van der Waals surface area contributed by atoms with Gasteiger partial charge < -0.3 is 15.5 Å². The van der Waals surface area contributed by atoms with Crippen molar-refractivity contribution < 1.29 is 9.72 Å². The topological polar surface area (TPSA) is 99.9 Å². The highest BCUT2D eigenvalue weighted by molar-refractivity contribution is 14.0. The van der Waals surface area contributed by atoms with E-state index in [1.54, 1.807) is 12.1 Å². The average Bonchev–Trinajstić information content (AvgIpc) is 3.07. The molecule has 0 aromatic heterocycles. The summed E-state index contributed by atoms with van der Waals surface area (Å²) in [5.41, 5.74) is 0.990. The van der Waals surface area contributed by atoms with Crippen LogP contribution in [0.1, 0.15) is 45.1 Å². The van der Waals surface area contributed by atoms with Gasteiger partial charge in [-0.3, -0.25) is 14.9 Å². The number of likely N-dealkylation sites (tertiary alicyclic amines) is 1. The summed E-state index contributed by atoms with van der Waals surface area (Å²) < 4.78 is 0. The van der Waals surface area contributed by atoms with Crippen LogP contribution < -0.4 is 10.6 Å². The summed E-state index contributed by atoms with van der Waals surface area (Å²) >= 11 is 0. The van der Waals surface area contributed by atoms with Crippen molar-refractivity contribution in [2.45, 2.75) is 52.1 Å². The number of carbonyl (C=O) groups excluding carboxylic acids is 1. The maximum absolute atomic E-state index is 11.6. The van der Waals surface area contributed by atoms with Gasteiger partial charge in [0.25, 0.3) is 5.69 Å². The van der Waals surface area contributed by atoms with Gasteiger partial charge in [0.05, 0.1) is 11.5 Å². The largest absolute Gasteiger partial charge is 0.356 e. The molecule has 0 aliphatic carbocycles. The van der Waals surface area contributed by atoms with Crippen LogP contribution in [0.2, 0.25) is 0 Å². The number of benzene rings is 1. The molecule has 0 saturated carbocycles. The second-order valence-corrected chi connectivity index (χ2v) is 6.81. The van der Waals surface area contributed by atoms with Crippen LogP contribution in [-0.4, -0.2) is 47.4 Å². The number of rotatable bonds is 9. The zero-order valence-electron chi connectivity index (χ0n) is 16.5. The molecule has 0 bridgehead atoms. The molecule has 1 amide bonds. The zero-order valence-corrected chi connectivity index (χ0v) is 18.8. The summed E-state index contributed by atoms with van der Waals surface area (Å²) in [4.78, 5) is 28.5. The second kappa shape index (κ2) is 12.5. The normalized spacial score (nSPS) is 15.1. The van der Waals surface area contributed by atoms with Crippen LogP contribution in [0.5, 0.6) is 0 Å². The van der Waals surface area contributed by atoms with Crippen molar-refractivity contribution in [3.8, 4) is 0 Å². The number of hydrogen-bond donors (Lipinski definition) is 2. The minimum atomic E-state index is -0.407. The molecule has 156 valence electrons. The van der Waals surface area contributed by atoms with Gasteiger partial charge in [-0.05, 0) is 31.7 Å². The molecule has 1 saturated heterocycles. The van der Waals surface area contributed by atoms with Crippen LogP contribution in [0.4, 0.5) is 5.69 Å². The number of nitrogens with one attached hydrogen (secondary N) is 2. The van der Waals surface area contributed by atoms with Crippen molar-refractivity contribution in [1.29, 1.82) is 0 Å². The quantitative estimate of drug-likeness (QED) is 0.135. The molecule has 28 heavy (non-hydrogen) atoms. The van der Waals surface area contributed by atoms with Gasteiger partial charge in [-0.15, -0.1) is 24.0 Å². The van der Waals surface area contributed by atoms with Crippen molar-refractivity contribution in [3.63, 3.8) is 0 Å². The maximum Gasteiger partial charge on any atom is 0.269 e.